The highest BCUT2D eigenvalue weighted by atomic mass is 79.9. The third-order valence-electron chi connectivity index (χ3n) is 4.56. The van der Waals surface area contributed by atoms with Crippen LogP contribution in [-0.2, 0) is 6.61 Å². The third-order valence-corrected chi connectivity index (χ3v) is 6.28. The average Bonchev–Trinajstić information content (AvgIpc) is 2.74. The van der Waals surface area contributed by atoms with Gasteiger partial charge in [0.05, 0.1) is 17.1 Å². The molecule has 0 spiro atoms. The van der Waals surface area contributed by atoms with E-state index in [2.05, 4.69) is 57.9 Å². The Morgan fingerprint density at radius 2 is 1.81 bits per heavy atom. The van der Waals surface area contributed by atoms with Crippen LogP contribution in [0.5, 0.6) is 5.75 Å². The zero-order chi connectivity index (χ0) is 22.0. The van der Waals surface area contributed by atoms with Crippen LogP contribution in [0.25, 0.3) is 10.9 Å². The highest BCUT2D eigenvalue weighted by Gasteiger charge is 2.08. The van der Waals surface area contributed by atoms with Gasteiger partial charge in [-0.15, -0.1) is 0 Å². The Morgan fingerprint density at radius 1 is 1.03 bits per heavy atom. The first-order valence-corrected chi connectivity index (χ1v) is 11.7. The fourth-order valence-corrected chi connectivity index (χ4v) is 4.53. The van der Waals surface area contributed by atoms with Crippen molar-refractivity contribution in [3.8, 4) is 5.75 Å². The molecule has 8 heteroatoms. The Kier molecular flexibility index (Phi) is 6.69. The number of aromatic nitrogens is 2. The summed E-state index contributed by atoms with van der Waals surface area (Å²) in [5.41, 5.74) is 2.28. The highest BCUT2D eigenvalue weighted by Crippen LogP contribution is 2.24. The van der Waals surface area contributed by atoms with E-state index in [1.165, 1.54) is 4.68 Å². The Balaban J connectivity index is 1.57. The highest BCUT2D eigenvalue weighted by molar-refractivity contribution is 9.11. The van der Waals surface area contributed by atoms with Gasteiger partial charge in [0.15, 0.2) is 0 Å². The number of fused-ring (bicyclic) bond motifs is 1. The minimum Gasteiger partial charge on any atom is -0.489 e. The average molecular weight is 606 g/mol. The Hall–Kier alpha value is -2.29. The lowest BCUT2D eigenvalue weighted by atomic mass is 10.2. The Bertz CT molecular complexity index is 1370. The third kappa shape index (κ3) is 5.14. The van der Waals surface area contributed by atoms with Gasteiger partial charge in [0.1, 0.15) is 18.2 Å². The van der Waals surface area contributed by atoms with E-state index in [-0.39, 0.29) is 5.56 Å². The van der Waals surface area contributed by atoms with E-state index < -0.39 is 0 Å². The number of benzene rings is 3. The molecule has 0 saturated heterocycles. The second kappa shape index (κ2) is 9.46. The molecule has 0 aliphatic carbocycles. The summed E-state index contributed by atoms with van der Waals surface area (Å²) in [6.45, 7) is 2.19. The molecule has 1 aromatic heterocycles. The summed E-state index contributed by atoms with van der Waals surface area (Å²) in [5, 5.41) is 4.88. The molecule has 0 amide bonds. The van der Waals surface area contributed by atoms with Gasteiger partial charge in [0.25, 0.3) is 5.56 Å². The van der Waals surface area contributed by atoms with Crippen LogP contribution >= 0.6 is 47.8 Å². The molecule has 0 aliphatic heterocycles. The lowest BCUT2D eigenvalue weighted by Gasteiger charge is -2.09. The topological polar surface area (TPSA) is 56.5 Å². The molecule has 1 heterocycles. The molecular weight excluding hydrogens is 590 g/mol. The maximum Gasteiger partial charge on any atom is 0.282 e. The van der Waals surface area contributed by atoms with E-state index in [9.17, 15) is 4.79 Å². The van der Waals surface area contributed by atoms with Gasteiger partial charge in [-0.1, -0.05) is 66.0 Å². The van der Waals surface area contributed by atoms with Crippen molar-refractivity contribution in [2.45, 2.75) is 13.5 Å². The summed E-state index contributed by atoms with van der Waals surface area (Å²) in [6, 6.07) is 18.9. The van der Waals surface area contributed by atoms with E-state index in [4.69, 9.17) is 4.74 Å². The SMILES string of the molecule is Cc1nc2ccc(Br)cc2c(=O)n1N=Cc1cccc(OCc2ccc(Br)cc2Br)c1. The lowest BCUT2D eigenvalue weighted by Crippen LogP contribution is -2.20. The van der Waals surface area contributed by atoms with Gasteiger partial charge in [-0.2, -0.15) is 9.78 Å². The monoisotopic (exact) mass is 603 g/mol. The zero-order valence-electron chi connectivity index (χ0n) is 16.3. The van der Waals surface area contributed by atoms with E-state index >= 15 is 0 Å². The number of halogens is 3. The molecular formula is C23H16Br3N3O2. The number of nitrogens with zero attached hydrogens (tertiary/aromatic N) is 3. The standard InChI is InChI=1S/C23H16Br3N3O2/c1-14-28-22-8-7-17(24)10-20(22)23(30)29(14)27-12-15-3-2-4-19(9-15)31-13-16-5-6-18(25)11-21(16)26/h2-12H,13H2,1H3. The fourth-order valence-electron chi connectivity index (χ4n) is 3.00. The summed E-state index contributed by atoms with van der Waals surface area (Å²) < 4.78 is 10.0. The molecule has 4 rings (SSSR count). The summed E-state index contributed by atoms with van der Waals surface area (Å²) in [4.78, 5) is 17.3. The van der Waals surface area contributed by atoms with Crippen LogP contribution in [0.1, 0.15) is 17.0 Å². The van der Waals surface area contributed by atoms with Gasteiger partial charge in [-0.05, 0) is 55.0 Å². The number of hydrogen-bond acceptors (Lipinski definition) is 4. The zero-order valence-corrected chi connectivity index (χ0v) is 21.1. The molecule has 4 aromatic rings. The van der Waals surface area contributed by atoms with Crippen LogP contribution in [0.3, 0.4) is 0 Å². The first-order valence-electron chi connectivity index (χ1n) is 9.31. The minimum atomic E-state index is -0.215. The lowest BCUT2D eigenvalue weighted by molar-refractivity contribution is 0.305. The van der Waals surface area contributed by atoms with Crippen molar-refractivity contribution in [3.63, 3.8) is 0 Å². The van der Waals surface area contributed by atoms with E-state index in [1.54, 1.807) is 19.2 Å². The van der Waals surface area contributed by atoms with Crippen molar-refractivity contribution in [2.75, 3.05) is 0 Å². The molecule has 31 heavy (non-hydrogen) atoms. The van der Waals surface area contributed by atoms with Gasteiger partial charge < -0.3 is 4.74 Å². The second-order valence-electron chi connectivity index (χ2n) is 6.78. The van der Waals surface area contributed by atoms with Crippen LogP contribution in [0.4, 0.5) is 0 Å². The molecule has 0 bridgehead atoms. The fraction of sp³-hybridized carbons (Fsp3) is 0.0870. The molecule has 156 valence electrons. The molecule has 0 radical (unpaired) electrons. The second-order valence-corrected chi connectivity index (χ2v) is 9.46. The summed E-state index contributed by atoms with van der Waals surface area (Å²) >= 11 is 10.4. The van der Waals surface area contributed by atoms with Gasteiger partial charge in [-0.25, -0.2) is 4.98 Å². The molecule has 3 aromatic carbocycles. The number of hydrogen-bond donors (Lipinski definition) is 0. The summed E-state index contributed by atoms with van der Waals surface area (Å²) in [7, 11) is 0. The van der Waals surface area contributed by atoms with Crippen LogP contribution in [-0.4, -0.2) is 15.9 Å². The van der Waals surface area contributed by atoms with Crippen LogP contribution in [0.2, 0.25) is 0 Å². The molecule has 0 aliphatic rings. The van der Waals surface area contributed by atoms with Gasteiger partial charge >= 0.3 is 0 Å². The van der Waals surface area contributed by atoms with Crippen molar-refractivity contribution < 1.29 is 4.74 Å². The van der Waals surface area contributed by atoms with Crippen molar-refractivity contribution in [2.24, 2.45) is 5.10 Å². The van der Waals surface area contributed by atoms with Gasteiger partial charge in [-0.3, -0.25) is 4.79 Å². The van der Waals surface area contributed by atoms with Crippen molar-refractivity contribution in [1.82, 2.24) is 9.66 Å². The van der Waals surface area contributed by atoms with Crippen LogP contribution in [0, 0.1) is 6.92 Å². The molecule has 5 nitrogen and oxygen atoms in total. The van der Waals surface area contributed by atoms with Crippen LogP contribution in [0.15, 0.2) is 84.0 Å². The van der Waals surface area contributed by atoms with E-state index in [0.717, 1.165) is 24.5 Å². The van der Waals surface area contributed by atoms with E-state index in [0.29, 0.717) is 29.1 Å². The van der Waals surface area contributed by atoms with Gasteiger partial charge in [0.2, 0.25) is 0 Å². The normalized spacial score (nSPS) is 11.4. The Morgan fingerprint density at radius 3 is 2.61 bits per heavy atom. The first kappa shape index (κ1) is 21.9. The van der Waals surface area contributed by atoms with Gasteiger partial charge in [0, 0.05) is 19.0 Å². The molecule has 0 N–H and O–H groups in total. The predicted molar refractivity (Wildman–Crippen MR) is 134 cm³/mol. The molecule has 0 atom stereocenters. The maximum absolute atomic E-state index is 12.9. The number of rotatable bonds is 5. The summed E-state index contributed by atoms with van der Waals surface area (Å²) in [5.74, 6) is 1.23. The molecule has 0 fully saturated rings. The smallest absolute Gasteiger partial charge is 0.282 e. The largest absolute Gasteiger partial charge is 0.489 e. The molecule has 0 saturated carbocycles. The Labute approximate surface area is 204 Å². The number of aryl methyl sites for hydroxylation is 1. The van der Waals surface area contributed by atoms with Crippen LogP contribution < -0.4 is 10.3 Å². The van der Waals surface area contributed by atoms with Crippen molar-refractivity contribution in [3.05, 3.63) is 101 Å². The van der Waals surface area contributed by atoms with Crippen molar-refractivity contribution in [1.29, 1.82) is 0 Å². The number of ether oxygens (including phenoxy) is 1. The van der Waals surface area contributed by atoms with Crippen molar-refractivity contribution >= 4 is 64.9 Å². The first-order chi connectivity index (χ1) is 14.9. The quantitative estimate of drug-likeness (QED) is 0.246. The summed E-state index contributed by atoms with van der Waals surface area (Å²) in [6.07, 6.45) is 1.63. The minimum absolute atomic E-state index is 0.215. The van der Waals surface area contributed by atoms with E-state index in [1.807, 2.05) is 54.6 Å². The maximum atomic E-state index is 12.9. The molecule has 0 unspecified atom stereocenters. The predicted octanol–water partition coefficient (Wildman–Crippen LogP) is 6.45.